The molecule has 5 heteroatoms. The Morgan fingerprint density at radius 2 is 1.88 bits per heavy atom. The zero-order valence-electron chi connectivity index (χ0n) is 10.7. The number of carbonyl (C=O) groups excluding carboxylic acids is 2. The Hall–Kier alpha value is -1.10. The molecule has 0 aromatic rings. The molecule has 16 heavy (non-hydrogen) atoms. The fourth-order valence-corrected chi connectivity index (χ4v) is 1.07. The smallest absolute Gasteiger partial charge is 0.309 e. The van der Waals surface area contributed by atoms with E-state index in [0.29, 0.717) is 6.54 Å². The average molecular weight is 230 g/mol. The third-order valence-corrected chi connectivity index (χ3v) is 2.86. The van der Waals surface area contributed by atoms with Crippen LogP contribution in [0.25, 0.3) is 0 Å². The van der Waals surface area contributed by atoms with Crippen LogP contribution in [0.3, 0.4) is 0 Å². The summed E-state index contributed by atoms with van der Waals surface area (Å²) in [6.07, 6.45) is 0. The summed E-state index contributed by atoms with van der Waals surface area (Å²) in [5, 5.41) is 3.12. The van der Waals surface area contributed by atoms with Crippen molar-refractivity contribution < 1.29 is 14.3 Å². The molecule has 0 aliphatic carbocycles. The van der Waals surface area contributed by atoms with Crippen LogP contribution in [-0.4, -0.2) is 31.6 Å². The molecule has 0 saturated heterocycles. The predicted octanol–water partition coefficient (Wildman–Crippen LogP) is 0.285. The molecular weight excluding hydrogens is 208 g/mol. The van der Waals surface area contributed by atoms with Crippen LogP contribution < -0.4 is 11.1 Å². The van der Waals surface area contributed by atoms with Gasteiger partial charge in [0.1, 0.15) is 0 Å². The first-order valence-corrected chi connectivity index (χ1v) is 5.33. The highest BCUT2D eigenvalue weighted by Crippen LogP contribution is 2.13. The minimum absolute atomic E-state index is 0.0638. The second kappa shape index (κ2) is 5.84. The zero-order valence-corrected chi connectivity index (χ0v) is 10.7. The number of esters is 1. The van der Waals surface area contributed by atoms with Crippen molar-refractivity contribution in [2.24, 2.45) is 17.1 Å². The van der Waals surface area contributed by atoms with Crippen LogP contribution in [0, 0.1) is 11.3 Å². The van der Waals surface area contributed by atoms with Gasteiger partial charge in [0, 0.05) is 12.6 Å². The molecule has 0 bridgehead atoms. The second-order valence-electron chi connectivity index (χ2n) is 4.73. The highest BCUT2D eigenvalue weighted by atomic mass is 16.5. The molecule has 3 N–H and O–H groups in total. The molecule has 0 aliphatic rings. The molecule has 0 fully saturated rings. The lowest BCUT2D eigenvalue weighted by atomic mass is 9.91. The summed E-state index contributed by atoms with van der Waals surface area (Å²) in [7, 11) is 1.36. The van der Waals surface area contributed by atoms with Crippen molar-refractivity contribution >= 4 is 11.9 Å². The van der Waals surface area contributed by atoms with Crippen LogP contribution in [0.15, 0.2) is 0 Å². The van der Waals surface area contributed by atoms with Crippen LogP contribution >= 0.6 is 0 Å². The van der Waals surface area contributed by atoms with Crippen molar-refractivity contribution in [2.75, 3.05) is 13.7 Å². The van der Waals surface area contributed by atoms with Gasteiger partial charge in [-0.25, -0.2) is 0 Å². The number of nitrogens with one attached hydrogen (secondary N) is 1. The number of rotatable bonds is 6. The number of amides is 1. The van der Waals surface area contributed by atoms with Crippen LogP contribution in [0.4, 0.5) is 0 Å². The third kappa shape index (κ3) is 4.18. The topological polar surface area (TPSA) is 81.4 Å². The van der Waals surface area contributed by atoms with E-state index in [1.54, 1.807) is 20.8 Å². The molecule has 0 aromatic heterocycles. The summed E-state index contributed by atoms with van der Waals surface area (Å²) in [4.78, 5) is 22.3. The highest BCUT2D eigenvalue weighted by Gasteiger charge is 2.27. The maximum absolute atomic E-state index is 11.3. The Morgan fingerprint density at radius 3 is 2.25 bits per heavy atom. The average Bonchev–Trinajstić information content (AvgIpc) is 2.23. The largest absolute Gasteiger partial charge is 0.469 e. The number of nitrogens with two attached hydrogens (primary N) is 1. The molecule has 0 saturated carbocycles. The molecule has 0 aliphatic heterocycles. The van der Waals surface area contributed by atoms with Crippen molar-refractivity contribution in [3.63, 3.8) is 0 Å². The van der Waals surface area contributed by atoms with Crippen LogP contribution in [0.2, 0.25) is 0 Å². The van der Waals surface area contributed by atoms with Gasteiger partial charge in [0.15, 0.2) is 0 Å². The quantitative estimate of drug-likeness (QED) is 0.642. The maximum atomic E-state index is 11.3. The van der Waals surface area contributed by atoms with Gasteiger partial charge in [-0.1, -0.05) is 6.92 Å². The number of hydrogen-bond donors (Lipinski definition) is 2. The van der Waals surface area contributed by atoms with Crippen molar-refractivity contribution in [2.45, 2.75) is 33.7 Å². The normalized spacial score (nSPS) is 15.3. The van der Waals surface area contributed by atoms with E-state index in [9.17, 15) is 9.59 Å². The second-order valence-corrected chi connectivity index (χ2v) is 4.73. The maximum Gasteiger partial charge on any atom is 0.309 e. The number of methoxy groups -OCH3 is 1. The van der Waals surface area contributed by atoms with E-state index in [-0.39, 0.29) is 23.8 Å². The standard InChI is InChI=1S/C11H22N2O3/c1-7(9(14)16-5)8(2)13-6-11(3,4)10(12)15/h7-8,13H,6H2,1-5H3,(H2,12,15). The lowest BCUT2D eigenvalue weighted by Crippen LogP contribution is -2.46. The number of primary amides is 1. The number of ether oxygens (including phenoxy) is 1. The molecule has 0 spiro atoms. The fraction of sp³-hybridized carbons (Fsp3) is 0.818. The van der Waals surface area contributed by atoms with Gasteiger partial charge in [0.05, 0.1) is 18.4 Å². The van der Waals surface area contributed by atoms with Crippen molar-refractivity contribution in [3.8, 4) is 0 Å². The van der Waals surface area contributed by atoms with Crippen molar-refractivity contribution in [3.05, 3.63) is 0 Å². The predicted molar refractivity (Wildman–Crippen MR) is 61.6 cm³/mol. The Bertz CT molecular complexity index is 264. The summed E-state index contributed by atoms with van der Waals surface area (Å²) in [5.41, 5.74) is 4.63. The molecule has 0 aromatic carbocycles. The minimum Gasteiger partial charge on any atom is -0.469 e. The minimum atomic E-state index is -0.621. The third-order valence-electron chi connectivity index (χ3n) is 2.86. The lowest BCUT2D eigenvalue weighted by Gasteiger charge is -2.26. The van der Waals surface area contributed by atoms with Gasteiger partial charge in [0.25, 0.3) is 0 Å². The zero-order chi connectivity index (χ0) is 12.9. The lowest BCUT2D eigenvalue weighted by molar-refractivity contribution is -0.145. The van der Waals surface area contributed by atoms with Crippen LogP contribution in [0.1, 0.15) is 27.7 Å². The first-order valence-electron chi connectivity index (χ1n) is 5.33. The van der Waals surface area contributed by atoms with E-state index >= 15 is 0 Å². The molecule has 1 amide bonds. The molecular formula is C11H22N2O3. The number of hydrogen-bond acceptors (Lipinski definition) is 4. The van der Waals surface area contributed by atoms with Gasteiger partial charge in [-0.05, 0) is 20.8 Å². The summed E-state index contributed by atoms with van der Waals surface area (Å²) in [6.45, 7) is 7.61. The Morgan fingerprint density at radius 1 is 1.38 bits per heavy atom. The van der Waals surface area contributed by atoms with Crippen molar-refractivity contribution in [1.82, 2.24) is 5.32 Å². The SMILES string of the molecule is COC(=O)C(C)C(C)NCC(C)(C)C(N)=O. The summed E-state index contributed by atoms with van der Waals surface area (Å²) in [6, 6.07) is -0.0638. The Labute approximate surface area is 96.7 Å². The summed E-state index contributed by atoms with van der Waals surface area (Å²) >= 11 is 0. The van der Waals surface area contributed by atoms with Gasteiger partial charge in [-0.15, -0.1) is 0 Å². The molecule has 2 atom stereocenters. The van der Waals surface area contributed by atoms with E-state index in [0.717, 1.165) is 0 Å². The van der Waals surface area contributed by atoms with Gasteiger partial charge >= 0.3 is 5.97 Å². The van der Waals surface area contributed by atoms with Gasteiger partial charge in [0.2, 0.25) is 5.91 Å². The van der Waals surface area contributed by atoms with Crippen molar-refractivity contribution in [1.29, 1.82) is 0 Å². The van der Waals surface area contributed by atoms with E-state index in [1.807, 2.05) is 6.92 Å². The van der Waals surface area contributed by atoms with E-state index in [4.69, 9.17) is 5.73 Å². The molecule has 0 radical (unpaired) electrons. The van der Waals surface area contributed by atoms with Gasteiger partial charge in [-0.2, -0.15) is 0 Å². The Balaban J connectivity index is 4.22. The van der Waals surface area contributed by atoms with E-state index in [2.05, 4.69) is 10.1 Å². The number of carbonyl (C=O) groups is 2. The van der Waals surface area contributed by atoms with E-state index in [1.165, 1.54) is 7.11 Å². The molecule has 0 rings (SSSR count). The molecule has 2 unspecified atom stereocenters. The van der Waals surface area contributed by atoms with Gasteiger partial charge < -0.3 is 15.8 Å². The fourth-order valence-electron chi connectivity index (χ4n) is 1.07. The summed E-state index contributed by atoms with van der Waals surface area (Å²) in [5.74, 6) is -0.886. The summed E-state index contributed by atoms with van der Waals surface area (Å²) < 4.78 is 4.64. The molecule has 0 heterocycles. The van der Waals surface area contributed by atoms with E-state index < -0.39 is 5.41 Å². The van der Waals surface area contributed by atoms with Gasteiger partial charge in [-0.3, -0.25) is 9.59 Å². The Kier molecular flexibility index (Phi) is 5.44. The highest BCUT2D eigenvalue weighted by molar-refractivity contribution is 5.80. The monoisotopic (exact) mass is 230 g/mol. The first-order chi connectivity index (χ1) is 7.22. The van der Waals surface area contributed by atoms with Crippen LogP contribution in [0.5, 0.6) is 0 Å². The molecule has 5 nitrogen and oxygen atoms in total. The molecule has 94 valence electrons. The first kappa shape index (κ1) is 14.9. The van der Waals surface area contributed by atoms with Crippen LogP contribution in [-0.2, 0) is 14.3 Å².